The Kier molecular flexibility index (Phi) is 6.50. The predicted molar refractivity (Wildman–Crippen MR) is 136 cm³/mol. The molecule has 0 radical (unpaired) electrons. The average Bonchev–Trinajstić information content (AvgIpc) is 3.24. The first-order valence-corrected chi connectivity index (χ1v) is 11.6. The maximum atomic E-state index is 6.14. The van der Waals surface area contributed by atoms with Gasteiger partial charge in [-0.05, 0) is 66.6 Å². The number of benzene rings is 3. The van der Waals surface area contributed by atoms with Crippen molar-refractivity contribution in [2.75, 3.05) is 0 Å². The molecule has 0 unspecified atom stereocenters. The number of hydrogen-bond donors (Lipinski definition) is 1. The zero-order chi connectivity index (χ0) is 22.6. The molecule has 0 aliphatic heterocycles. The van der Waals surface area contributed by atoms with Crippen LogP contribution in [0.4, 0.5) is 0 Å². The first-order chi connectivity index (χ1) is 15.6. The van der Waals surface area contributed by atoms with Gasteiger partial charge in [0.05, 0.1) is 0 Å². The standard InChI is InChI=1S/C30H33NO/c1-5-11-23-14-16-26-27(20-31-28(26)19-23)30(6-2,7-3)25-15-17-29(22(4)18-25)32-21-24-12-9-8-10-13-24/h5,8-20,31H,6-7,21H2,1-4H3. The fraction of sp³-hybridized carbons (Fsp3) is 0.267. The smallest absolute Gasteiger partial charge is 0.122 e. The van der Waals surface area contributed by atoms with E-state index in [1.807, 2.05) is 18.2 Å². The summed E-state index contributed by atoms with van der Waals surface area (Å²) in [4.78, 5) is 3.54. The third-order valence-corrected chi connectivity index (χ3v) is 6.75. The summed E-state index contributed by atoms with van der Waals surface area (Å²) in [6, 6.07) is 23.8. The predicted octanol–water partition coefficient (Wildman–Crippen LogP) is 8.19. The van der Waals surface area contributed by atoms with Gasteiger partial charge in [-0.25, -0.2) is 0 Å². The van der Waals surface area contributed by atoms with Crippen LogP contribution in [0, 0.1) is 6.92 Å². The van der Waals surface area contributed by atoms with Gasteiger partial charge in [-0.1, -0.05) is 80.6 Å². The lowest BCUT2D eigenvalue weighted by Gasteiger charge is -2.33. The zero-order valence-corrected chi connectivity index (χ0v) is 19.6. The third-order valence-electron chi connectivity index (χ3n) is 6.75. The van der Waals surface area contributed by atoms with E-state index in [-0.39, 0.29) is 5.41 Å². The molecule has 0 aliphatic carbocycles. The Morgan fingerprint density at radius 3 is 2.41 bits per heavy atom. The normalized spacial score (nSPS) is 12.0. The van der Waals surface area contributed by atoms with Crippen LogP contribution < -0.4 is 4.74 Å². The molecule has 0 spiro atoms. The molecule has 4 aromatic rings. The Labute approximate surface area is 192 Å². The number of ether oxygens (including phenoxy) is 1. The summed E-state index contributed by atoms with van der Waals surface area (Å²) in [7, 11) is 0. The quantitative estimate of drug-likeness (QED) is 0.303. The summed E-state index contributed by atoms with van der Waals surface area (Å²) in [6.45, 7) is 9.39. The van der Waals surface area contributed by atoms with E-state index in [4.69, 9.17) is 4.74 Å². The van der Waals surface area contributed by atoms with E-state index in [1.165, 1.54) is 38.7 Å². The van der Waals surface area contributed by atoms with E-state index in [0.29, 0.717) is 6.61 Å². The van der Waals surface area contributed by atoms with Crippen molar-refractivity contribution in [1.29, 1.82) is 0 Å². The van der Waals surface area contributed by atoms with Crippen molar-refractivity contribution in [3.8, 4) is 5.75 Å². The topological polar surface area (TPSA) is 25.0 Å². The lowest BCUT2D eigenvalue weighted by Crippen LogP contribution is -2.26. The van der Waals surface area contributed by atoms with E-state index in [2.05, 4.69) is 99.6 Å². The molecule has 0 amide bonds. The molecule has 164 valence electrons. The van der Waals surface area contributed by atoms with Gasteiger partial charge >= 0.3 is 0 Å². The average molecular weight is 424 g/mol. The summed E-state index contributed by atoms with van der Waals surface area (Å²) in [6.07, 6.45) is 8.52. The van der Waals surface area contributed by atoms with E-state index in [1.54, 1.807) is 0 Å². The number of nitrogens with one attached hydrogen (secondary N) is 1. The zero-order valence-electron chi connectivity index (χ0n) is 19.6. The van der Waals surface area contributed by atoms with E-state index >= 15 is 0 Å². The number of hydrogen-bond acceptors (Lipinski definition) is 1. The Balaban J connectivity index is 1.69. The number of allylic oxidation sites excluding steroid dienone is 1. The van der Waals surface area contributed by atoms with E-state index in [9.17, 15) is 0 Å². The second kappa shape index (κ2) is 9.48. The summed E-state index contributed by atoms with van der Waals surface area (Å²) in [5.74, 6) is 0.952. The Hall–Kier alpha value is -3.26. The van der Waals surface area contributed by atoms with Crippen LogP contribution in [0.15, 0.2) is 79.0 Å². The van der Waals surface area contributed by atoms with Gasteiger partial charge in [0.2, 0.25) is 0 Å². The van der Waals surface area contributed by atoms with Crippen LogP contribution in [0.1, 0.15) is 61.4 Å². The van der Waals surface area contributed by atoms with Crippen molar-refractivity contribution in [3.05, 3.63) is 107 Å². The molecule has 0 saturated heterocycles. The number of H-pyrrole nitrogens is 1. The number of aryl methyl sites for hydroxylation is 1. The van der Waals surface area contributed by atoms with Gasteiger partial charge in [-0.3, -0.25) is 0 Å². The molecule has 2 heteroatoms. The van der Waals surface area contributed by atoms with Crippen LogP contribution in [0.5, 0.6) is 5.75 Å². The van der Waals surface area contributed by atoms with Gasteiger partial charge in [0, 0.05) is 22.5 Å². The van der Waals surface area contributed by atoms with Crippen molar-refractivity contribution < 1.29 is 4.74 Å². The fourth-order valence-electron chi connectivity index (χ4n) is 4.87. The molecule has 32 heavy (non-hydrogen) atoms. The number of rotatable bonds is 8. The highest BCUT2D eigenvalue weighted by molar-refractivity contribution is 5.87. The summed E-state index contributed by atoms with van der Waals surface area (Å²) < 4.78 is 6.14. The second-order valence-electron chi connectivity index (χ2n) is 8.55. The number of fused-ring (bicyclic) bond motifs is 1. The van der Waals surface area contributed by atoms with Crippen LogP contribution in [0.25, 0.3) is 17.0 Å². The lowest BCUT2D eigenvalue weighted by molar-refractivity contribution is 0.303. The van der Waals surface area contributed by atoms with Gasteiger partial charge in [-0.2, -0.15) is 0 Å². The molecule has 0 bridgehead atoms. The molecular weight excluding hydrogens is 390 g/mol. The number of aromatic amines is 1. The first kappa shape index (κ1) is 22.0. The summed E-state index contributed by atoms with van der Waals surface area (Å²) in [5.41, 5.74) is 7.48. The lowest BCUT2D eigenvalue weighted by atomic mass is 9.70. The van der Waals surface area contributed by atoms with Crippen molar-refractivity contribution in [1.82, 2.24) is 4.98 Å². The molecule has 0 aliphatic rings. The van der Waals surface area contributed by atoms with Crippen molar-refractivity contribution in [3.63, 3.8) is 0 Å². The first-order valence-electron chi connectivity index (χ1n) is 11.6. The highest BCUT2D eigenvalue weighted by Crippen LogP contribution is 2.43. The molecular formula is C30H33NO. The Bertz CT molecular complexity index is 1210. The van der Waals surface area contributed by atoms with Gasteiger partial charge in [0.25, 0.3) is 0 Å². The maximum Gasteiger partial charge on any atom is 0.122 e. The Morgan fingerprint density at radius 1 is 0.938 bits per heavy atom. The molecule has 3 aromatic carbocycles. The van der Waals surface area contributed by atoms with Gasteiger partial charge < -0.3 is 9.72 Å². The van der Waals surface area contributed by atoms with Gasteiger partial charge in [0.15, 0.2) is 0 Å². The molecule has 2 nitrogen and oxygen atoms in total. The maximum absolute atomic E-state index is 6.14. The summed E-state index contributed by atoms with van der Waals surface area (Å²) in [5, 5.41) is 1.31. The minimum absolute atomic E-state index is 0.0386. The van der Waals surface area contributed by atoms with Crippen LogP contribution >= 0.6 is 0 Å². The van der Waals surface area contributed by atoms with E-state index < -0.39 is 0 Å². The fourth-order valence-corrected chi connectivity index (χ4v) is 4.87. The van der Waals surface area contributed by atoms with Crippen LogP contribution in [0.3, 0.4) is 0 Å². The van der Waals surface area contributed by atoms with Crippen LogP contribution in [-0.2, 0) is 12.0 Å². The molecule has 0 atom stereocenters. The summed E-state index contributed by atoms with van der Waals surface area (Å²) >= 11 is 0. The highest BCUT2D eigenvalue weighted by Gasteiger charge is 2.33. The van der Waals surface area contributed by atoms with Crippen molar-refractivity contribution >= 4 is 17.0 Å². The minimum Gasteiger partial charge on any atom is -0.489 e. The SMILES string of the molecule is CC=Cc1ccc2c(C(CC)(CC)c3ccc(OCc4ccccc4)c(C)c3)c[nH]c2c1. The Morgan fingerprint density at radius 2 is 1.72 bits per heavy atom. The number of aromatic nitrogens is 1. The monoisotopic (exact) mass is 423 g/mol. The molecule has 1 N–H and O–H groups in total. The molecule has 4 rings (SSSR count). The van der Waals surface area contributed by atoms with Gasteiger partial charge in [0.1, 0.15) is 12.4 Å². The second-order valence-corrected chi connectivity index (χ2v) is 8.55. The van der Waals surface area contributed by atoms with Crippen LogP contribution in [0.2, 0.25) is 0 Å². The third kappa shape index (κ3) is 4.10. The van der Waals surface area contributed by atoms with Crippen molar-refractivity contribution in [2.24, 2.45) is 0 Å². The highest BCUT2D eigenvalue weighted by atomic mass is 16.5. The molecule has 0 saturated carbocycles. The molecule has 1 aromatic heterocycles. The van der Waals surface area contributed by atoms with Gasteiger partial charge in [-0.15, -0.1) is 0 Å². The molecule has 0 fully saturated rings. The minimum atomic E-state index is -0.0386. The van der Waals surface area contributed by atoms with Crippen LogP contribution in [-0.4, -0.2) is 4.98 Å². The van der Waals surface area contributed by atoms with E-state index in [0.717, 1.165) is 18.6 Å². The van der Waals surface area contributed by atoms with Crippen molar-refractivity contribution in [2.45, 2.75) is 52.6 Å². The largest absolute Gasteiger partial charge is 0.489 e. The molecule has 1 heterocycles.